The summed E-state index contributed by atoms with van der Waals surface area (Å²) in [6.45, 7) is 5.92. The Morgan fingerprint density at radius 1 is 1.41 bits per heavy atom. The van der Waals surface area contributed by atoms with Gasteiger partial charge < -0.3 is 4.74 Å². The molecule has 0 N–H and O–H groups in total. The molecule has 0 amide bonds. The maximum absolute atomic E-state index is 11.8. The van der Waals surface area contributed by atoms with Crippen LogP contribution in [0.5, 0.6) is 5.75 Å². The molecule has 0 radical (unpaired) electrons. The van der Waals surface area contributed by atoms with Crippen LogP contribution in [0, 0.1) is 6.92 Å². The molecule has 0 aromatic heterocycles. The number of carbonyl (C=O) groups excluding carboxylic acids is 1. The Hall–Kier alpha value is -1.02. The molecule has 0 saturated carbocycles. The summed E-state index contributed by atoms with van der Waals surface area (Å²) in [4.78, 5) is 11.8. The van der Waals surface area contributed by atoms with Crippen LogP contribution in [0.1, 0.15) is 42.6 Å². The van der Waals surface area contributed by atoms with Gasteiger partial charge in [0.15, 0.2) is 5.78 Å². The lowest BCUT2D eigenvalue weighted by molar-refractivity contribution is 0.0982. The first-order valence-corrected chi connectivity index (χ1v) is 6.44. The zero-order chi connectivity index (χ0) is 12.8. The maximum Gasteiger partial charge on any atom is 0.162 e. The third kappa shape index (κ3) is 4.39. The molecule has 0 atom stereocenters. The number of benzene rings is 1. The Morgan fingerprint density at radius 2 is 2.12 bits per heavy atom. The lowest BCUT2D eigenvalue weighted by atomic mass is 10.0. The molecule has 2 nitrogen and oxygen atoms in total. The van der Waals surface area contributed by atoms with Gasteiger partial charge in [0, 0.05) is 17.9 Å². The quantitative estimate of drug-likeness (QED) is 0.567. The molecule has 3 heteroatoms. The molecule has 1 rings (SSSR count). The number of hydrogen-bond donors (Lipinski definition) is 0. The summed E-state index contributed by atoms with van der Waals surface area (Å²) < 4.78 is 5.63. The van der Waals surface area contributed by atoms with Crippen LogP contribution in [0.2, 0.25) is 0 Å². The third-order valence-corrected chi connectivity index (χ3v) is 2.66. The number of hydrogen-bond acceptors (Lipinski definition) is 2. The van der Waals surface area contributed by atoms with E-state index >= 15 is 0 Å². The van der Waals surface area contributed by atoms with Crippen LogP contribution in [0.4, 0.5) is 0 Å². The standard InChI is InChI=1S/C14H19ClO2/c1-10(2)17-14-7-6-12(9-11(14)3)13(16)5-4-8-15/h6-7,9-10H,4-5,8H2,1-3H3. The van der Waals surface area contributed by atoms with Crippen molar-refractivity contribution in [2.45, 2.75) is 39.7 Å². The number of ether oxygens (including phenoxy) is 1. The van der Waals surface area contributed by atoms with Gasteiger partial charge in [0.25, 0.3) is 0 Å². The molecule has 0 aliphatic carbocycles. The average molecular weight is 255 g/mol. The lowest BCUT2D eigenvalue weighted by Gasteiger charge is -2.13. The predicted octanol–water partition coefficient (Wildman–Crippen LogP) is 3.98. The molecule has 0 fully saturated rings. The van der Waals surface area contributed by atoms with E-state index in [1.165, 1.54) is 0 Å². The van der Waals surface area contributed by atoms with Crippen LogP contribution in [0.15, 0.2) is 18.2 Å². The van der Waals surface area contributed by atoms with Gasteiger partial charge in [-0.25, -0.2) is 0 Å². The summed E-state index contributed by atoms with van der Waals surface area (Å²) in [7, 11) is 0. The SMILES string of the molecule is Cc1cc(C(=O)CCCCl)ccc1OC(C)C. The van der Waals surface area contributed by atoms with Crippen LogP contribution in [0.25, 0.3) is 0 Å². The van der Waals surface area contributed by atoms with Crippen LogP contribution in [0.3, 0.4) is 0 Å². The van der Waals surface area contributed by atoms with E-state index < -0.39 is 0 Å². The summed E-state index contributed by atoms with van der Waals surface area (Å²) in [5.41, 5.74) is 1.74. The fourth-order valence-corrected chi connectivity index (χ4v) is 1.71. The molecule has 0 heterocycles. The zero-order valence-electron chi connectivity index (χ0n) is 10.6. The summed E-state index contributed by atoms with van der Waals surface area (Å²) in [6, 6.07) is 5.57. The summed E-state index contributed by atoms with van der Waals surface area (Å²) in [5, 5.41) is 0. The maximum atomic E-state index is 11.8. The van der Waals surface area contributed by atoms with Crippen molar-refractivity contribution < 1.29 is 9.53 Å². The molecule has 0 bridgehead atoms. The third-order valence-electron chi connectivity index (χ3n) is 2.40. The number of carbonyl (C=O) groups is 1. The molecule has 17 heavy (non-hydrogen) atoms. The van der Waals surface area contributed by atoms with Crippen molar-refractivity contribution in [1.82, 2.24) is 0 Å². The van der Waals surface area contributed by atoms with E-state index in [0.29, 0.717) is 12.3 Å². The minimum atomic E-state index is 0.143. The highest BCUT2D eigenvalue weighted by Gasteiger charge is 2.08. The molecule has 0 aliphatic heterocycles. The van der Waals surface area contributed by atoms with Crippen molar-refractivity contribution in [1.29, 1.82) is 0 Å². The van der Waals surface area contributed by atoms with Crippen molar-refractivity contribution >= 4 is 17.4 Å². The van der Waals surface area contributed by atoms with Gasteiger partial charge in [-0.2, -0.15) is 0 Å². The minimum absolute atomic E-state index is 0.143. The smallest absolute Gasteiger partial charge is 0.162 e. The van der Waals surface area contributed by atoms with Crippen molar-refractivity contribution in [3.63, 3.8) is 0 Å². The van der Waals surface area contributed by atoms with E-state index in [2.05, 4.69) is 0 Å². The van der Waals surface area contributed by atoms with Gasteiger partial charge in [-0.1, -0.05) is 0 Å². The van der Waals surface area contributed by atoms with Gasteiger partial charge in [-0.3, -0.25) is 4.79 Å². The van der Waals surface area contributed by atoms with E-state index in [0.717, 1.165) is 23.3 Å². The second-order valence-corrected chi connectivity index (χ2v) is 4.74. The first-order chi connectivity index (χ1) is 8.04. The molecule has 0 aliphatic rings. The van der Waals surface area contributed by atoms with E-state index in [1.807, 2.05) is 39.0 Å². The minimum Gasteiger partial charge on any atom is -0.491 e. The molecule has 0 saturated heterocycles. The fraction of sp³-hybridized carbons (Fsp3) is 0.500. The second kappa shape index (κ2) is 6.65. The predicted molar refractivity (Wildman–Crippen MR) is 71.2 cm³/mol. The topological polar surface area (TPSA) is 26.3 Å². The summed E-state index contributed by atoms with van der Waals surface area (Å²) in [6.07, 6.45) is 1.38. The largest absolute Gasteiger partial charge is 0.491 e. The molecule has 94 valence electrons. The summed E-state index contributed by atoms with van der Waals surface area (Å²) >= 11 is 5.57. The molecular weight excluding hydrogens is 236 g/mol. The highest BCUT2D eigenvalue weighted by Crippen LogP contribution is 2.21. The van der Waals surface area contributed by atoms with Crippen LogP contribution in [-0.2, 0) is 0 Å². The Morgan fingerprint density at radius 3 is 2.65 bits per heavy atom. The van der Waals surface area contributed by atoms with E-state index in [1.54, 1.807) is 0 Å². The van der Waals surface area contributed by atoms with Crippen LogP contribution in [-0.4, -0.2) is 17.8 Å². The highest BCUT2D eigenvalue weighted by molar-refractivity contribution is 6.18. The van der Waals surface area contributed by atoms with Gasteiger partial charge in [-0.15, -0.1) is 11.6 Å². The van der Waals surface area contributed by atoms with Gasteiger partial charge in [-0.05, 0) is 51.0 Å². The van der Waals surface area contributed by atoms with E-state index in [4.69, 9.17) is 16.3 Å². The molecular formula is C14H19ClO2. The Labute approximate surface area is 108 Å². The van der Waals surface area contributed by atoms with Gasteiger partial charge in [0.05, 0.1) is 6.10 Å². The Balaban J connectivity index is 2.77. The monoisotopic (exact) mass is 254 g/mol. The lowest BCUT2D eigenvalue weighted by Crippen LogP contribution is -2.07. The molecule has 1 aromatic rings. The highest BCUT2D eigenvalue weighted by atomic mass is 35.5. The number of aryl methyl sites for hydroxylation is 1. The van der Waals surface area contributed by atoms with Crippen molar-refractivity contribution in [2.24, 2.45) is 0 Å². The number of Topliss-reactive ketones (excluding diaryl/α,β-unsaturated/α-hetero) is 1. The first kappa shape index (κ1) is 14.0. The second-order valence-electron chi connectivity index (χ2n) is 4.36. The molecule has 1 aromatic carbocycles. The van der Waals surface area contributed by atoms with Crippen molar-refractivity contribution in [2.75, 3.05) is 5.88 Å². The summed E-state index contributed by atoms with van der Waals surface area (Å²) in [5.74, 6) is 1.51. The molecule has 0 spiro atoms. The zero-order valence-corrected chi connectivity index (χ0v) is 11.4. The van der Waals surface area contributed by atoms with E-state index in [-0.39, 0.29) is 11.9 Å². The number of alkyl halides is 1. The Bertz CT molecular complexity index is 386. The fourth-order valence-electron chi connectivity index (χ4n) is 1.58. The van der Waals surface area contributed by atoms with Crippen molar-refractivity contribution in [3.05, 3.63) is 29.3 Å². The van der Waals surface area contributed by atoms with Crippen molar-refractivity contribution in [3.8, 4) is 5.75 Å². The van der Waals surface area contributed by atoms with Gasteiger partial charge >= 0.3 is 0 Å². The van der Waals surface area contributed by atoms with Gasteiger partial charge in [0.2, 0.25) is 0 Å². The normalized spacial score (nSPS) is 10.6. The number of halogens is 1. The number of rotatable bonds is 6. The van der Waals surface area contributed by atoms with Gasteiger partial charge in [0.1, 0.15) is 5.75 Å². The first-order valence-electron chi connectivity index (χ1n) is 5.91. The Kier molecular flexibility index (Phi) is 5.49. The van der Waals surface area contributed by atoms with Crippen LogP contribution < -0.4 is 4.74 Å². The average Bonchev–Trinajstić information content (AvgIpc) is 2.28. The van der Waals surface area contributed by atoms with Crippen LogP contribution >= 0.6 is 11.6 Å². The van der Waals surface area contributed by atoms with E-state index in [9.17, 15) is 4.79 Å². The molecule has 0 unspecified atom stereocenters. The number of ketones is 1.